The van der Waals surface area contributed by atoms with Crippen LogP contribution in [0.5, 0.6) is 0 Å². The number of aromatic nitrogens is 3. The molecular weight excluding hydrogens is 106 g/mol. The van der Waals surface area contributed by atoms with Crippen LogP contribution in [0.2, 0.25) is 0 Å². The quantitative estimate of drug-likeness (QED) is 0.527. The van der Waals surface area contributed by atoms with E-state index in [1.54, 1.807) is 0 Å². The Labute approximate surface area is 46.1 Å². The van der Waals surface area contributed by atoms with Crippen LogP contribution in [0.1, 0.15) is 0 Å². The van der Waals surface area contributed by atoms with Crippen LogP contribution in [-0.4, -0.2) is 14.8 Å². The topological polar surface area (TPSA) is 50.7 Å². The highest BCUT2D eigenvalue weighted by atomic mass is 16.1. The van der Waals surface area contributed by atoms with Gasteiger partial charge in [-0.15, -0.1) is 0 Å². The van der Waals surface area contributed by atoms with Crippen molar-refractivity contribution in [2.45, 2.75) is 6.54 Å². The molecule has 8 heavy (non-hydrogen) atoms. The Morgan fingerprint density at radius 1 is 2.00 bits per heavy atom. The van der Waals surface area contributed by atoms with Crippen molar-refractivity contribution < 1.29 is 0 Å². The summed E-state index contributed by atoms with van der Waals surface area (Å²) in [5, 5.41) is 5.71. The molecule has 0 spiro atoms. The molecular formula is C4H6N3O. The van der Waals surface area contributed by atoms with Crippen molar-refractivity contribution in [3.05, 3.63) is 23.7 Å². The van der Waals surface area contributed by atoms with Crippen molar-refractivity contribution in [1.82, 2.24) is 14.8 Å². The van der Waals surface area contributed by atoms with Gasteiger partial charge in [0.1, 0.15) is 6.33 Å². The van der Waals surface area contributed by atoms with Crippen molar-refractivity contribution in [3.63, 3.8) is 0 Å². The van der Waals surface area contributed by atoms with Crippen LogP contribution in [0.25, 0.3) is 0 Å². The summed E-state index contributed by atoms with van der Waals surface area (Å²) in [6.45, 7) is 3.92. The van der Waals surface area contributed by atoms with Gasteiger partial charge in [-0.25, -0.2) is 9.89 Å². The van der Waals surface area contributed by atoms with Gasteiger partial charge in [0.15, 0.2) is 0 Å². The van der Waals surface area contributed by atoms with Crippen LogP contribution in [0.15, 0.2) is 11.1 Å². The Kier molecular flexibility index (Phi) is 1.15. The predicted molar refractivity (Wildman–Crippen MR) is 28.2 cm³/mol. The highest BCUT2D eigenvalue weighted by Crippen LogP contribution is 1.68. The van der Waals surface area contributed by atoms with Crippen molar-refractivity contribution in [2.24, 2.45) is 0 Å². The molecule has 0 amide bonds. The number of H-pyrrole nitrogens is 1. The van der Waals surface area contributed by atoms with Gasteiger partial charge in [-0.2, -0.15) is 5.10 Å². The van der Waals surface area contributed by atoms with Crippen LogP contribution in [-0.2, 0) is 6.54 Å². The monoisotopic (exact) mass is 112 g/mol. The van der Waals surface area contributed by atoms with E-state index < -0.39 is 0 Å². The second-order valence-electron chi connectivity index (χ2n) is 1.35. The first-order valence-corrected chi connectivity index (χ1v) is 2.23. The molecule has 1 radical (unpaired) electrons. The molecule has 4 heteroatoms. The Hall–Kier alpha value is -1.06. The van der Waals surface area contributed by atoms with E-state index in [2.05, 4.69) is 17.1 Å². The second-order valence-corrected chi connectivity index (χ2v) is 1.35. The molecule has 4 nitrogen and oxygen atoms in total. The van der Waals surface area contributed by atoms with E-state index in [4.69, 9.17) is 0 Å². The van der Waals surface area contributed by atoms with Gasteiger partial charge in [0.05, 0.1) is 0 Å². The van der Waals surface area contributed by atoms with E-state index in [0.717, 1.165) is 0 Å². The van der Waals surface area contributed by atoms with Crippen LogP contribution in [0.3, 0.4) is 0 Å². The SMILES string of the molecule is [CH2]Cn1cn[nH]c1=O. The van der Waals surface area contributed by atoms with Crippen LogP contribution in [0, 0.1) is 6.92 Å². The lowest BCUT2D eigenvalue weighted by molar-refractivity contribution is 0.778. The Morgan fingerprint density at radius 3 is 3.00 bits per heavy atom. The Balaban J connectivity index is 3.11. The van der Waals surface area contributed by atoms with Crippen LogP contribution >= 0.6 is 0 Å². The highest BCUT2D eigenvalue weighted by molar-refractivity contribution is 4.62. The molecule has 0 fully saturated rings. The van der Waals surface area contributed by atoms with Crippen molar-refractivity contribution in [2.75, 3.05) is 0 Å². The first-order valence-electron chi connectivity index (χ1n) is 2.23. The van der Waals surface area contributed by atoms with E-state index in [9.17, 15) is 4.79 Å². The van der Waals surface area contributed by atoms with Crippen LogP contribution in [0.4, 0.5) is 0 Å². The fourth-order valence-electron chi connectivity index (χ4n) is 0.430. The standard InChI is InChI=1S/C4H6N3O/c1-2-7-3-5-6-4(7)8/h3H,1-2H2,(H,6,8). The zero-order valence-corrected chi connectivity index (χ0v) is 4.29. The fourth-order valence-corrected chi connectivity index (χ4v) is 0.430. The number of nitrogens with zero attached hydrogens (tertiary/aromatic N) is 2. The minimum atomic E-state index is -0.208. The molecule has 0 aliphatic heterocycles. The molecule has 0 saturated carbocycles. The summed E-state index contributed by atoms with van der Waals surface area (Å²) in [7, 11) is 0. The normalized spacial score (nSPS) is 9.62. The lowest BCUT2D eigenvalue weighted by atomic mass is 10.7. The Morgan fingerprint density at radius 2 is 2.75 bits per heavy atom. The number of aromatic amines is 1. The molecule has 1 aromatic rings. The zero-order valence-electron chi connectivity index (χ0n) is 4.29. The predicted octanol–water partition coefficient (Wildman–Crippen LogP) is -0.595. The first-order chi connectivity index (χ1) is 3.84. The van der Waals surface area contributed by atoms with Gasteiger partial charge in [0.2, 0.25) is 0 Å². The van der Waals surface area contributed by atoms with E-state index in [0.29, 0.717) is 6.54 Å². The fraction of sp³-hybridized carbons (Fsp3) is 0.250. The summed E-state index contributed by atoms with van der Waals surface area (Å²) in [4.78, 5) is 10.5. The third-order valence-electron chi connectivity index (χ3n) is 0.859. The molecule has 1 N–H and O–H groups in total. The average Bonchev–Trinajstić information content (AvgIpc) is 2.14. The maximum Gasteiger partial charge on any atom is 0.343 e. The van der Waals surface area contributed by atoms with Crippen molar-refractivity contribution >= 4 is 0 Å². The van der Waals surface area contributed by atoms with Gasteiger partial charge in [0.25, 0.3) is 0 Å². The summed E-state index contributed by atoms with van der Waals surface area (Å²) < 4.78 is 1.38. The Bertz CT molecular complexity index is 211. The van der Waals surface area contributed by atoms with E-state index >= 15 is 0 Å². The number of rotatable bonds is 1. The minimum absolute atomic E-state index is 0.208. The van der Waals surface area contributed by atoms with Gasteiger partial charge in [0, 0.05) is 6.54 Å². The molecule has 1 heterocycles. The molecule has 1 rings (SSSR count). The number of hydrogen-bond donors (Lipinski definition) is 1. The second kappa shape index (κ2) is 1.81. The molecule has 0 aromatic carbocycles. The lowest BCUT2D eigenvalue weighted by Gasteiger charge is -1.85. The maximum absolute atomic E-state index is 10.5. The van der Waals surface area contributed by atoms with E-state index in [-0.39, 0.29) is 5.69 Å². The third-order valence-corrected chi connectivity index (χ3v) is 0.859. The van der Waals surface area contributed by atoms with Gasteiger partial charge in [-0.1, -0.05) is 0 Å². The molecule has 0 unspecified atom stereocenters. The number of hydrogen-bond acceptors (Lipinski definition) is 2. The summed E-state index contributed by atoms with van der Waals surface area (Å²) in [6.07, 6.45) is 1.41. The summed E-state index contributed by atoms with van der Waals surface area (Å²) >= 11 is 0. The summed E-state index contributed by atoms with van der Waals surface area (Å²) in [6, 6.07) is 0. The molecule has 0 atom stereocenters. The molecule has 43 valence electrons. The molecule has 0 bridgehead atoms. The van der Waals surface area contributed by atoms with E-state index in [1.807, 2.05) is 0 Å². The van der Waals surface area contributed by atoms with Crippen LogP contribution < -0.4 is 5.69 Å². The third kappa shape index (κ3) is 0.641. The number of nitrogens with one attached hydrogen (secondary N) is 1. The van der Waals surface area contributed by atoms with Gasteiger partial charge >= 0.3 is 5.69 Å². The minimum Gasteiger partial charge on any atom is -0.282 e. The molecule has 0 aliphatic carbocycles. The van der Waals surface area contributed by atoms with Gasteiger partial charge < -0.3 is 0 Å². The largest absolute Gasteiger partial charge is 0.343 e. The van der Waals surface area contributed by atoms with Crippen molar-refractivity contribution in [3.8, 4) is 0 Å². The van der Waals surface area contributed by atoms with Crippen molar-refractivity contribution in [1.29, 1.82) is 0 Å². The lowest BCUT2D eigenvalue weighted by Crippen LogP contribution is -2.14. The summed E-state index contributed by atoms with van der Waals surface area (Å²) in [5.74, 6) is 0. The molecule has 1 aromatic heterocycles. The zero-order chi connectivity index (χ0) is 5.98. The van der Waals surface area contributed by atoms with E-state index in [1.165, 1.54) is 10.9 Å². The summed E-state index contributed by atoms with van der Waals surface area (Å²) in [5.41, 5.74) is -0.208. The maximum atomic E-state index is 10.5. The highest BCUT2D eigenvalue weighted by Gasteiger charge is 1.88. The molecule has 0 saturated heterocycles. The smallest absolute Gasteiger partial charge is 0.282 e. The van der Waals surface area contributed by atoms with Gasteiger partial charge in [-0.3, -0.25) is 4.57 Å². The van der Waals surface area contributed by atoms with Gasteiger partial charge in [-0.05, 0) is 6.92 Å². The average molecular weight is 112 g/mol. The first kappa shape index (κ1) is 5.08. The molecule has 0 aliphatic rings.